The van der Waals surface area contributed by atoms with E-state index in [1.165, 1.54) is 40.1 Å². The van der Waals surface area contributed by atoms with Gasteiger partial charge >= 0.3 is 0 Å². The molecule has 25 heavy (non-hydrogen) atoms. The van der Waals surface area contributed by atoms with Crippen molar-refractivity contribution in [1.82, 2.24) is 9.38 Å². The van der Waals surface area contributed by atoms with Crippen molar-refractivity contribution in [2.24, 2.45) is 0 Å². The van der Waals surface area contributed by atoms with Gasteiger partial charge in [-0.15, -0.1) is 0 Å². The van der Waals surface area contributed by atoms with Crippen LogP contribution in [0.4, 0.5) is 10.1 Å². The predicted molar refractivity (Wildman–Crippen MR) is 96.2 cm³/mol. The maximum Gasteiger partial charge on any atom is 0.282 e. The largest absolute Gasteiger partial charge is 0.316 e. The SMILES string of the molecule is O=C(Nc1cnc2sc3cc(F)ccc3n2c1=O)c1ccc(Cl)cc1. The molecule has 0 aliphatic rings. The Labute approximate surface area is 149 Å². The third-order valence-electron chi connectivity index (χ3n) is 3.65. The summed E-state index contributed by atoms with van der Waals surface area (Å²) in [6.45, 7) is 0. The highest BCUT2D eigenvalue weighted by molar-refractivity contribution is 7.23. The number of rotatable bonds is 2. The van der Waals surface area contributed by atoms with E-state index in [1.807, 2.05) is 0 Å². The zero-order chi connectivity index (χ0) is 17.6. The van der Waals surface area contributed by atoms with E-state index >= 15 is 0 Å². The highest BCUT2D eigenvalue weighted by atomic mass is 35.5. The molecule has 4 aromatic rings. The number of benzene rings is 2. The number of amides is 1. The van der Waals surface area contributed by atoms with E-state index in [-0.39, 0.29) is 11.5 Å². The summed E-state index contributed by atoms with van der Waals surface area (Å²) in [6.07, 6.45) is 1.30. The molecular weight excluding hydrogens is 365 g/mol. The van der Waals surface area contributed by atoms with Gasteiger partial charge in [-0.3, -0.25) is 9.59 Å². The number of aromatic nitrogens is 2. The van der Waals surface area contributed by atoms with Crippen molar-refractivity contribution in [2.45, 2.75) is 0 Å². The van der Waals surface area contributed by atoms with E-state index in [2.05, 4.69) is 10.3 Å². The van der Waals surface area contributed by atoms with Gasteiger partial charge in [-0.2, -0.15) is 0 Å². The second-order valence-corrected chi connectivity index (χ2v) is 6.72. The van der Waals surface area contributed by atoms with Crippen LogP contribution in [0.3, 0.4) is 0 Å². The van der Waals surface area contributed by atoms with Crippen LogP contribution in [0.15, 0.2) is 53.5 Å². The van der Waals surface area contributed by atoms with E-state index in [1.54, 1.807) is 24.3 Å². The highest BCUT2D eigenvalue weighted by Gasteiger charge is 2.14. The van der Waals surface area contributed by atoms with Gasteiger partial charge < -0.3 is 5.32 Å². The minimum absolute atomic E-state index is 0.0430. The molecular formula is C17H9ClFN3O2S. The van der Waals surface area contributed by atoms with Gasteiger partial charge in [0.25, 0.3) is 11.5 Å². The summed E-state index contributed by atoms with van der Waals surface area (Å²) < 4.78 is 15.3. The molecule has 0 fully saturated rings. The van der Waals surface area contributed by atoms with Crippen LogP contribution < -0.4 is 10.9 Å². The Kier molecular flexibility index (Phi) is 3.74. The van der Waals surface area contributed by atoms with Crippen molar-refractivity contribution in [1.29, 1.82) is 0 Å². The summed E-state index contributed by atoms with van der Waals surface area (Å²) in [4.78, 5) is 29.6. The maximum absolute atomic E-state index is 13.4. The average Bonchev–Trinajstić information content (AvgIpc) is 2.96. The van der Waals surface area contributed by atoms with Crippen molar-refractivity contribution in [2.75, 3.05) is 5.32 Å². The Hall–Kier alpha value is -2.77. The zero-order valence-electron chi connectivity index (χ0n) is 12.5. The molecule has 0 radical (unpaired) electrons. The van der Waals surface area contributed by atoms with E-state index in [0.717, 1.165) is 0 Å². The van der Waals surface area contributed by atoms with Crippen LogP contribution >= 0.6 is 22.9 Å². The molecule has 1 N–H and O–H groups in total. The lowest BCUT2D eigenvalue weighted by atomic mass is 10.2. The van der Waals surface area contributed by atoms with Crippen LogP contribution in [-0.2, 0) is 0 Å². The number of halogens is 2. The third kappa shape index (κ3) is 2.77. The molecule has 4 rings (SSSR count). The number of thiazole rings is 1. The summed E-state index contributed by atoms with van der Waals surface area (Å²) in [5, 5.41) is 3.07. The van der Waals surface area contributed by atoms with Crippen molar-refractivity contribution >= 4 is 49.7 Å². The van der Waals surface area contributed by atoms with Gasteiger partial charge in [0, 0.05) is 10.6 Å². The van der Waals surface area contributed by atoms with Crippen molar-refractivity contribution in [3.63, 3.8) is 0 Å². The lowest BCUT2D eigenvalue weighted by molar-refractivity contribution is 0.102. The third-order valence-corrected chi connectivity index (χ3v) is 4.92. The molecule has 0 atom stereocenters. The lowest BCUT2D eigenvalue weighted by Crippen LogP contribution is -2.22. The summed E-state index contributed by atoms with van der Waals surface area (Å²) >= 11 is 7.00. The van der Waals surface area contributed by atoms with E-state index in [4.69, 9.17) is 11.6 Å². The quantitative estimate of drug-likeness (QED) is 0.578. The number of nitrogens with zero attached hydrogens (tertiary/aromatic N) is 2. The molecule has 1 amide bonds. The highest BCUT2D eigenvalue weighted by Crippen LogP contribution is 2.25. The van der Waals surface area contributed by atoms with E-state index in [9.17, 15) is 14.0 Å². The fraction of sp³-hybridized carbons (Fsp3) is 0. The van der Waals surface area contributed by atoms with Gasteiger partial charge in [0.1, 0.15) is 11.5 Å². The number of anilines is 1. The van der Waals surface area contributed by atoms with Gasteiger partial charge in [-0.25, -0.2) is 13.8 Å². The van der Waals surface area contributed by atoms with Crippen LogP contribution in [0.1, 0.15) is 10.4 Å². The number of hydrogen-bond donors (Lipinski definition) is 1. The Morgan fingerprint density at radius 3 is 2.72 bits per heavy atom. The fourth-order valence-corrected chi connectivity index (χ4v) is 3.59. The molecule has 2 aromatic heterocycles. The second kappa shape index (κ2) is 5.94. The Bertz CT molecular complexity index is 1180. The van der Waals surface area contributed by atoms with Crippen molar-refractivity contribution in [3.8, 4) is 0 Å². The molecule has 0 bridgehead atoms. The number of carbonyl (C=O) groups excluding carboxylic acids is 1. The van der Waals surface area contributed by atoms with Crippen LogP contribution in [-0.4, -0.2) is 15.3 Å². The Morgan fingerprint density at radius 1 is 1.20 bits per heavy atom. The molecule has 0 saturated carbocycles. The zero-order valence-corrected chi connectivity index (χ0v) is 14.1. The summed E-state index contributed by atoms with van der Waals surface area (Å²) in [6, 6.07) is 10.4. The smallest absolute Gasteiger partial charge is 0.282 e. The summed E-state index contributed by atoms with van der Waals surface area (Å²) in [5.41, 5.74) is 0.527. The molecule has 2 aromatic carbocycles. The summed E-state index contributed by atoms with van der Waals surface area (Å²) in [7, 11) is 0. The normalized spacial score (nSPS) is 11.1. The van der Waals surface area contributed by atoms with Crippen molar-refractivity contribution in [3.05, 3.63) is 75.4 Å². The second-order valence-electron chi connectivity index (χ2n) is 5.27. The molecule has 5 nitrogen and oxygen atoms in total. The van der Waals surface area contributed by atoms with Crippen LogP contribution in [0.2, 0.25) is 5.02 Å². The van der Waals surface area contributed by atoms with Crippen LogP contribution in [0.25, 0.3) is 15.2 Å². The van der Waals surface area contributed by atoms with E-state index in [0.29, 0.717) is 25.8 Å². The number of fused-ring (bicyclic) bond motifs is 3. The minimum atomic E-state index is -0.443. The van der Waals surface area contributed by atoms with Crippen molar-refractivity contribution < 1.29 is 9.18 Å². The molecule has 0 spiro atoms. The Morgan fingerprint density at radius 2 is 1.96 bits per heavy atom. The molecule has 0 saturated heterocycles. The molecule has 0 aliphatic carbocycles. The van der Waals surface area contributed by atoms with Gasteiger partial charge in [-0.1, -0.05) is 22.9 Å². The first-order valence-electron chi connectivity index (χ1n) is 7.20. The average molecular weight is 374 g/mol. The topological polar surface area (TPSA) is 63.5 Å². The van der Waals surface area contributed by atoms with Crippen LogP contribution in [0, 0.1) is 5.82 Å². The first-order valence-corrected chi connectivity index (χ1v) is 8.39. The molecule has 0 unspecified atom stereocenters. The number of hydrogen-bond acceptors (Lipinski definition) is 4. The number of nitrogens with one attached hydrogen (secondary N) is 1. The monoisotopic (exact) mass is 373 g/mol. The first kappa shape index (κ1) is 15.7. The number of carbonyl (C=O) groups is 1. The van der Waals surface area contributed by atoms with Gasteiger partial charge in [-0.05, 0) is 42.5 Å². The van der Waals surface area contributed by atoms with Gasteiger partial charge in [0.05, 0.1) is 16.4 Å². The minimum Gasteiger partial charge on any atom is -0.316 e. The predicted octanol–water partition coefficient (Wildman–Crippen LogP) is 3.95. The van der Waals surface area contributed by atoms with Gasteiger partial charge in [0.15, 0.2) is 4.96 Å². The van der Waals surface area contributed by atoms with Crippen LogP contribution in [0.5, 0.6) is 0 Å². The molecule has 0 aliphatic heterocycles. The lowest BCUT2D eigenvalue weighted by Gasteiger charge is -2.05. The maximum atomic E-state index is 13.4. The standard InChI is InChI=1S/C17H9ClFN3O2S/c18-10-3-1-9(2-4-10)15(23)21-12-8-20-17-22(16(12)24)13-6-5-11(19)7-14(13)25-17/h1-8H,(H,21,23). The Balaban J connectivity index is 1.79. The summed E-state index contributed by atoms with van der Waals surface area (Å²) in [5.74, 6) is -0.829. The first-order chi connectivity index (χ1) is 12.0. The molecule has 124 valence electrons. The van der Waals surface area contributed by atoms with E-state index < -0.39 is 11.5 Å². The fourth-order valence-electron chi connectivity index (χ4n) is 2.46. The molecule has 2 heterocycles. The van der Waals surface area contributed by atoms with Gasteiger partial charge in [0.2, 0.25) is 0 Å². The molecule has 8 heteroatoms.